The van der Waals surface area contributed by atoms with Gasteiger partial charge in [0.1, 0.15) is 0 Å². The number of halogens is 2. The van der Waals surface area contributed by atoms with Gasteiger partial charge in [-0.2, -0.15) is 0 Å². The summed E-state index contributed by atoms with van der Waals surface area (Å²) in [6, 6.07) is 8.48. The summed E-state index contributed by atoms with van der Waals surface area (Å²) in [7, 11) is 0. The Hall–Kier alpha value is -0.560. The van der Waals surface area contributed by atoms with Crippen LogP contribution in [0.4, 0.5) is 0 Å². The quantitative estimate of drug-likeness (QED) is 0.818. The van der Waals surface area contributed by atoms with Gasteiger partial charge in [0.05, 0.1) is 6.04 Å². The van der Waals surface area contributed by atoms with Crippen molar-refractivity contribution in [3.8, 4) is 0 Å². The van der Waals surface area contributed by atoms with Crippen LogP contribution in [-0.4, -0.2) is 16.7 Å². The van der Waals surface area contributed by atoms with Crippen LogP contribution in [0.1, 0.15) is 30.3 Å². The summed E-state index contributed by atoms with van der Waals surface area (Å²) in [6.45, 7) is 1.04. The predicted molar refractivity (Wildman–Crippen MR) is 85.2 cm³/mol. The van der Waals surface area contributed by atoms with E-state index in [0.717, 1.165) is 23.2 Å². The highest BCUT2D eigenvalue weighted by molar-refractivity contribution is 9.10. The van der Waals surface area contributed by atoms with E-state index in [-0.39, 0.29) is 18.4 Å². The zero-order valence-electron chi connectivity index (χ0n) is 10.7. The van der Waals surface area contributed by atoms with Crippen molar-refractivity contribution in [2.24, 2.45) is 0 Å². The summed E-state index contributed by atoms with van der Waals surface area (Å²) >= 11 is 5.04. The van der Waals surface area contributed by atoms with Crippen LogP contribution in [-0.2, 0) is 5.75 Å². The summed E-state index contributed by atoms with van der Waals surface area (Å²) < 4.78 is 6.78. The second-order valence-electron chi connectivity index (χ2n) is 4.47. The minimum atomic E-state index is 0. The zero-order chi connectivity index (χ0) is 13.1. The average molecular weight is 377 g/mol. The van der Waals surface area contributed by atoms with Crippen LogP contribution in [0.25, 0.3) is 0 Å². The zero-order valence-corrected chi connectivity index (χ0v) is 13.9. The molecule has 0 radical (unpaired) electrons. The molecule has 1 aliphatic rings. The molecule has 7 heteroatoms. The maximum Gasteiger partial charge on any atom is 0.276 e. The van der Waals surface area contributed by atoms with E-state index >= 15 is 0 Å². The summed E-state index contributed by atoms with van der Waals surface area (Å²) in [5.41, 5.74) is 1.23. The van der Waals surface area contributed by atoms with Crippen LogP contribution >= 0.6 is 40.1 Å². The molecule has 2 heterocycles. The summed E-state index contributed by atoms with van der Waals surface area (Å²) in [5, 5.41) is 12.2. The number of aromatic nitrogens is 2. The first-order valence-corrected chi connectivity index (χ1v) is 8.03. The minimum absolute atomic E-state index is 0. The molecule has 3 rings (SSSR count). The molecule has 1 N–H and O–H groups in total. The first-order valence-electron chi connectivity index (χ1n) is 6.25. The summed E-state index contributed by atoms with van der Waals surface area (Å²) in [5.74, 6) is 1.55. The summed E-state index contributed by atoms with van der Waals surface area (Å²) in [6.07, 6.45) is 2.26. The Morgan fingerprint density at radius 3 is 3.05 bits per heavy atom. The Balaban J connectivity index is 0.00000147. The second kappa shape index (κ2) is 7.45. The lowest BCUT2D eigenvalue weighted by Crippen LogP contribution is -2.12. The number of nitrogens with zero attached hydrogens (tertiary/aromatic N) is 2. The van der Waals surface area contributed by atoms with Gasteiger partial charge in [0, 0.05) is 10.2 Å². The van der Waals surface area contributed by atoms with E-state index in [4.69, 9.17) is 4.42 Å². The van der Waals surface area contributed by atoms with Crippen molar-refractivity contribution < 1.29 is 4.42 Å². The van der Waals surface area contributed by atoms with Gasteiger partial charge in [-0.15, -0.1) is 22.6 Å². The van der Waals surface area contributed by atoms with Crippen molar-refractivity contribution in [2.45, 2.75) is 29.9 Å². The highest BCUT2D eigenvalue weighted by Gasteiger charge is 2.22. The predicted octanol–water partition coefficient (Wildman–Crippen LogP) is 3.97. The number of benzene rings is 1. The van der Waals surface area contributed by atoms with Crippen molar-refractivity contribution >= 4 is 40.1 Å². The standard InChI is InChI=1S/C13H14BrN3OS.ClH/c14-10-4-1-3-9(7-10)8-19-13-17-16-12(18-13)11-5-2-6-15-11;/h1,3-4,7,11,15H,2,5-6,8H2;1H. The molecule has 1 atom stereocenters. The van der Waals surface area contributed by atoms with Gasteiger partial charge in [-0.3, -0.25) is 0 Å². The van der Waals surface area contributed by atoms with E-state index < -0.39 is 0 Å². The molecule has 0 aliphatic carbocycles. The van der Waals surface area contributed by atoms with Crippen LogP contribution < -0.4 is 5.32 Å². The van der Waals surface area contributed by atoms with Crippen LogP contribution in [0.2, 0.25) is 0 Å². The Morgan fingerprint density at radius 2 is 2.30 bits per heavy atom. The number of hydrogen-bond acceptors (Lipinski definition) is 5. The van der Waals surface area contributed by atoms with Gasteiger partial charge in [0.2, 0.25) is 5.89 Å². The first kappa shape index (κ1) is 15.8. The van der Waals surface area contributed by atoms with E-state index in [2.05, 4.69) is 43.6 Å². The van der Waals surface area contributed by atoms with Gasteiger partial charge in [0.25, 0.3) is 5.22 Å². The molecule has 1 saturated heterocycles. The molecular weight excluding hydrogens is 362 g/mol. The van der Waals surface area contributed by atoms with E-state index in [0.29, 0.717) is 11.1 Å². The van der Waals surface area contributed by atoms with Gasteiger partial charge < -0.3 is 9.73 Å². The second-order valence-corrected chi connectivity index (χ2v) is 6.32. The molecule has 1 aliphatic heterocycles. The third-order valence-electron chi connectivity index (χ3n) is 3.03. The van der Waals surface area contributed by atoms with E-state index in [1.54, 1.807) is 11.8 Å². The number of nitrogens with one attached hydrogen (secondary N) is 1. The molecule has 108 valence electrons. The molecule has 1 aromatic heterocycles. The highest BCUT2D eigenvalue weighted by atomic mass is 79.9. The smallest absolute Gasteiger partial charge is 0.276 e. The topological polar surface area (TPSA) is 51.0 Å². The Morgan fingerprint density at radius 1 is 1.40 bits per heavy atom. The molecule has 2 aromatic rings. The fourth-order valence-corrected chi connectivity index (χ4v) is 3.25. The maximum absolute atomic E-state index is 5.69. The van der Waals surface area contributed by atoms with E-state index in [1.165, 1.54) is 12.0 Å². The van der Waals surface area contributed by atoms with E-state index in [1.807, 2.05) is 12.1 Å². The van der Waals surface area contributed by atoms with Crippen LogP contribution in [0.15, 0.2) is 38.4 Å². The van der Waals surface area contributed by atoms with Crippen LogP contribution in [0.3, 0.4) is 0 Å². The SMILES string of the molecule is Brc1cccc(CSc2nnc(C3CCCN3)o2)c1.Cl. The third-order valence-corrected chi connectivity index (χ3v) is 4.41. The lowest BCUT2D eigenvalue weighted by atomic mass is 10.2. The van der Waals surface area contributed by atoms with Gasteiger partial charge in [-0.1, -0.05) is 39.8 Å². The molecule has 0 bridgehead atoms. The number of rotatable bonds is 4. The Labute approximate surface area is 136 Å². The fourth-order valence-electron chi connectivity index (χ4n) is 2.09. The minimum Gasteiger partial charge on any atom is -0.414 e. The van der Waals surface area contributed by atoms with Crippen LogP contribution in [0, 0.1) is 0 Å². The van der Waals surface area contributed by atoms with Gasteiger partial charge in [0.15, 0.2) is 0 Å². The monoisotopic (exact) mass is 375 g/mol. The molecule has 1 unspecified atom stereocenters. The largest absolute Gasteiger partial charge is 0.414 e. The third kappa shape index (κ3) is 3.97. The lowest BCUT2D eigenvalue weighted by molar-refractivity contribution is 0.374. The molecule has 1 aromatic carbocycles. The lowest BCUT2D eigenvalue weighted by Gasteiger charge is -2.02. The van der Waals surface area contributed by atoms with Gasteiger partial charge in [-0.25, -0.2) is 0 Å². The average Bonchev–Trinajstić information content (AvgIpc) is 3.07. The first-order chi connectivity index (χ1) is 9.31. The Bertz CT molecular complexity index is 560. The molecule has 0 amide bonds. The van der Waals surface area contributed by atoms with Crippen molar-refractivity contribution in [3.63, 3.8) is 0 Å². The molecule has 1 fully saturated rings. The molecular formula is C13H15BrClN3OS. The van der Waals surface area contributed by atoms with Crippen LogP contribution in [0.5, 0.6) is 0 Å². The van der Waals surface area contributed by atoms with Gasteiger partial charge in [-0.05, 0) is 37.1 Å². The van der Waals surface area contributed by atoms with Crippen molar-refractivity contribution in [2.75, 3.05) is 6.54 Å². The Kier molecular flexibility index (Phi) is 5.89. The number of hydrogen-bond donors (Lipinski definition) is 1. The van der Waals surface area contributed by atoms with Crippen molar-refractivity contribution in [3.05, 3.63) is 40.2 Å². The van der Waals surface area contributed by atoms with Crippen molar-refractivity contribution in [1.82, 2.24) is 15.5 Å². The molecule has 0 saturated carbocycles. The fraction of sp³-hybridized carbons (Fsp3) is 0.385. The summed E-state index contributed by atoms with van der Waals surface area (Å²) in [4.78, 5) is 0. The number of thioether (sulfide) groups is 1. The van der Waals surface area contributed by atoms with Crippen molar-refractivity contribution in [1.29, 1.82) is 0 Å². The maximum atomic E-state index is 5.69. The highest BCUT2D eigenvalue weighted by Crippen LogP contribution is 2.27. The van der Waals surface area contributed by atoms with E-state index in [9.17, 15) is 0 Å². The normalized spacial score (nSPS) is 17.9. The molecule has 20 heavy (non-hydrogen) atoms. The molecule has 0 spiro atoms. The van der Waals surface area contributed by atoms with Gasteiger partial charge >= 0.3 is 0 Å². The molecule has 4 nitrogen and oxygen atoms in total.